The highest BCUT2D eigenvalue weighted by Crippen LogP contribution is 2.32. The van der Waals surface area contributed by atoms with Gasteiger partial charge < -0.3 is 22.9 Å². The van der Waals surface area contributed by atoms with Crippen molar-refractivity contribution in [1.29, 1.82) is 10.8 Å². The van der Waals surface area contributed by atoms with Crippen LogP contribution < -0.4 is 28.3 Å². The monoisotopic (exact) mass is 371 g/mol. The van der Waals surface area contributed by atoms with Crippen LogP contribution >= 0.6 is 0 Å². The molecule has 0 unspecified atom stereocenters. The second kappa shape index (κ2) is 10.4. The lowest BCUT2D eigenvalue weighted by atomic mass is 9.93. The molecule has 0 radical (unpaired) electrons. The molecule has 0 spiro atoms. The van der Waals surface area contributed by atoms with Gasteiger partial charge >= 0.3 is 0 Å². The van der Waals surface area contributed by atoms with Crippen LogP contribution in [-0.2, 0) is 0 Å². The van der Waals surface area contributed by atoms with E-state index < -0.39 is 11.8 Å². The third kappa shape index (κ3) is 13.4. The molecule has 7 nitrogen and oxygen atoms in total. The van der Waals surface area contributed by atoms with Gasteiger partial charge in [0, 0.05) is 37.8 Å². The van der Waals surface area contributed by atoms with E-state index in [1.165, 1.54) is 0 Å². The normalized spacial score (nSPS) is 22.5. The molecule has 2 saturated carbocycles. The number of hydrogen-bond donors (Lipinski definition) is 7. The molecule has 0 bridgehead atoms. The van der Waals surface area contributed by atoms with E-state index >= 15 is 0 Å². The SMILES string of the molecule is N=C(N)NC(=N)N.NC1CCC(F)(F)CC1.NC1CCC(F)(F)CC1. The average molecular weight is 371 g/mol. The lowest BCUT2D eigenvalue weighted by molar-refractivity contribution is -0.0380. The third-order valence-corrected chi connectivity index (χ3v) is 3.79. The molecule has 25 heavy (non-hydrogen) atoms. The van der Waals surface area contributed by atoms with Crippen molar-refractivity contribution in [1.82, 2.24) is 5.32 Å². The fraction of sp³-hybridized carbons (Fsp3) is 0.857. The van der Waals surface area contributed by atoms with Crippen LogP contribution in [-0.4, -0.2) is 35.8 Å². The van der Waals surface area contributed by atoms with E-state index in [2.05, 4.69) is 0 Å². The fourth-order valence-corrected chi connectivity index (χ4v) is 2.27. The number of guanidine groups is 2. The van der Waals surface area contributed by atoms with Crippen LogP contribution in [0.2, 0.25) is 0 Å². The molecule has 2 aliphatic rings. The first-order valence-corrected chi connectivity index (χ1v) is 8.05. The smallest absolute Gasteiger partial charge is 0.248 e. The first-order valence-electron chi connectivity index (χ1n) is 8.05. The second-order valence-corrected chi connectivity index (χ2v) is 6.34. The van der Waals surface area contributed by atoms with Gasteiger partial charge in [-0.15, -0.1) is 0 Å². The molecule has 0 aromatic rings. The summed E-state index contributed by atoms with van der Waals surface area (Å²) in [4.78, 5) is 0. The van der Waals surface area contributed by atoms with Crippen molar-refractivity contribution in [3.05, 3.63) is 0 Å². The van der Waals surface area contributed by atoms with Crippen molar-refractivity contribution in [3.63, 3.8) is 0 Å². The Bertz CT molecular complexity index is 373. The molecular formula is C14H29F4N7. The van der Waals surface area contributed by atoms with Crippen LogP contribution in [0.1, 0.15) is 51.4 Å². The summed E-state index contributed by atoms with van der Waals surface area (Å²) in [6.07, 6.45) is 1.84. The van der Waals surface area contributed by atoms with Crippen molar-refractivity contribution in [2.24, 2.45) is 22.9 Å². The summed E-state index contributed by atoms with van der Waals surface area (Å²) in [6.45, 7) is 0. The highest BCUT2D eigenvalue weighted by Gasteiger charge is 2.34. The Hall–Kier alpha value is -1.62. The van der Waals surface area contributed by atoms with Crippen LogP contribution in [0.15, 0.2) is 0 Å². The van der Waals surface area contributed by atoms with Gasteiger partial charge in [-0.1, -0.05) is 0 Å². The van der Waals surface area contributed by atoms with Gasteiger partial charge in [0.15, 0.2) is 11.9 Å². The average Bonchev–Trinajstić information content (AvgIpc) is 2.46. The lowest BCUT2D eigenvalue weighted by Crippen LogP contribution is -2.39. The predicted molar refractivity (Wildman–Crippen MR) is 89.7 cm³/mol. The van der Waals surface area contributed by atoms with Crippen LogP contribution in [0.25, 0.3) is 0 Å². The molecule has 0 saturated heterocycles. The van der Waals surface area contributed by atoms with Gasteiger partial charge in [0.25, 0.3) is 0 Å². The van der Waals surface area contributed by atoms with E-state index in [0.29, 0.717) is 25.7 Å². The second-order valence-electron chi connectivity index (χ2n) is 6.34. The third-order valence-electron chi connectivity index (χ3n) is 3.79. The van der Waals surface area contributed by atoms with Crippen LogP contribution in [0, 0.1) is 10.8 Å². The van der Waals surface area contributed by atoms with Gasteiger partial charge in [-0.05, 0) is 25.7 Å². The zero-order chi connectivity index (χ0) is 19.7. The zero-order valence-corrected chi connectivity index (χ0v) is 14.1. The number of nitrogens with two attached hydrogens (primary N) is 4. The Balaban J connectivity index is 0.000000350. The molecule has 0 heterocycles. The lowest BCUT2D eigenvalue weighted by Gasteiger charge is -2.25. The number of halogens is 4. The molecule has 148 valence electrons. The summed E-state index contributed by atoms with van der Waals surface area (Å²) in [5.41, 5.74) is 20.3. The van der Waals surface area contributed by atoms with Crippen molar-refractivity contribution >= 4 is 11.9 Å². The minimum absolute atomic E-state index is 0.0182. The Morgan fingerprint density at radius 1 is 0.720 bits per heavy atom. The van der Waals surface area contributed by atoms with Gasteiger partial charge in [-0.3, -0.25) is 16.1 Å². The van der Waals surface area contributed by atoms with Crippen LogP contribution in [0.5, 0.6) is 0 Å². The van der Waals surface area contributed by atoms with Gasteiger partial charge in [0.1, 0.15) is 0 Å². The Kier molecular flexibility index (Phi) is 9.72. The van der Waals surface area contributed by atoms with Gasteiger partial charge in [-0.2, -0.15) is 0 Å². The molecule has 11 N–H and O–H groups in total. The number of hydrogen-bond acceptors (Lipinski definition) is 4. The Labute approximate surface area is 144 Å². The first kappa shape index (κ1) is 23.4. The predicted octanol–water partition coefficient (Wildman–Crippen LogP) is 1.41. The topological polar surface area (TPSA) is 164 Å². The summed E-state index contributed by atoms with van der Waals surface area (Å²) in [5, 5.41) is 15.0. The first-order chi connectivity index (χ1) is 11.3. The standard InChI is InChI=1S/2C6H11F2N.C2H7N5/c2*7-6(8)3-1-5(9)2-4-6;3-1(4)7-2(5)6/h2*5H,1-4,9H2;(H7,3,4,5,6,7). The highest BCUT2D eigenvalue weighted by atomic mass is 19.3. The Morgan fingerprint density at radius 3 is 1.08 bits per heavy atom. The zero-order valence-electron chi connectivity index (χ0n) is 14.1. The van der Waals surface area contributed by atoms with Crippen LogP contribution in [0.3, 0.4) is 0 Å². The summed E-state index contributed by atoms with van der Waals surface area (Å²) >= 11 is 0. The van der Waals surface area contributed by atoms with E-state index in [0.717, 1.165) is 0 Å². The van der Waals surface area contributed by atoms with Gasteiger partial charge in [0.2, 0.25) is 11.8 Å². The van der Waals surface area contributed by atoms with E-state index in [1.807, 2.05) is 5.32 Å². The van der Waals surface area contributed by atoms with Gasteiger partial charge in [-0.25, -0.2) is 17.6 Å². The van der Waals surface area contributed by atoms with Crippen molar-refractivity contribution in [2.45, 2.75) is 75.3 Å². The summed E-state index contributed by atoms with van der Waals surface area (Å²) in [6, 6.07) is 0.0363. The number of nitrogens with one attached hydrogen (secondary N) is 3. The maximum absolute atomic E-state index is 12.3. The molecular weight excluding hydrogens is 342 g/mol. The van der Waals surface area contributed by atoms with E-state index in [-0.39, 0.29) is 49.7 Å². The molecule has 2 aliphatic carbocycles. The molecule has 0 aromatic carbocycles. The van der Waals surface area contributed by atoms with E-state index in [9.17, 15) is 17.6 Å². The molecule has 0 aliphatic heterocycles. The van der Waals surface area contributed by atoms with Crippen molar-refractivity contribution in [2.75, 3.05) is 0 Å². The fourth-order valence-electron chi connectivity index (χ4n) is 2.27. The molecule has 0 atom stereocenters. The van der Waals surface area contributed by atoms with Gasteiger partial charge in [0.05, 0.1) is 0 Å². The summed E-state index contributed by atoms with van der Waals surface area (Å²) in [7, 11) is 0. The maximum atomic E-state index is 12.3. The largest absolute Gasteiger partial charge is 0.370 e. The maximum Gasteiger partial charge on any atom is 0.248 e. The van der Waals surface area contributed by atoms with E-state index in [1.54, 1.807) is 0 Å². The molecule has 2 rings (SSSR count). The highest BCUT2D eigenvalue weighted by molar-refractivity contribution is 5.93. The quantitative estimate of drug-likeness (QED) is 0.194. The summed E-state index contributed by atoms with van der Waals surface area (Å²) < 4.78 is 49.3. The minimum Gasteiger partial charge on any atom is -0.370 e. The van der Waals surface area contributed by atoms with Crippen molar-refractivity contribution < 1.29 is 17.6 Å². The molecule has 2 fully saturated rings. The van der Waals surface area contributed by atoms with E-state index in [4.69, 9.17) is 33.8 Å². The Morgan fingerprint density at radius 2 is 0.960 bits per heavy atom. The summed E-state index contributed by atoms with van der Waals surface area (Å²) in [5.74, 6) is -5.47. The molecule has 0 amide bonds. The molecule has 0 aromatic heterocycles. The molecule has 11 heteroatoms. The van der Waals surface area contributed by atoms with Crippen LogP contribution in [0.4, 0.5) is 17.6 Å². The minimum atomic E-state index is -2.42. The van der Waals surface area contributed by atoms with Crippen molar-refractivity contribution in [3.8, 4) is 0 Å². The number of rotatable bonds is 0. The number of alkyl halides is 4.